The minimum atomic E-state index is -1.01. The van der Waals surface area contributed by atoms with Gasteiger partial charge in [0.2, 0.25) is 5.88 Å². The molecule has 0 aliphatic rings. The van der Waals surface area contributed by atoms with Gasteiger partial charge in [-0.3, -0.25) is 4.79 Å². The van der Waals surface area contributed by atoms with Crippen LogP contribution < -0.4 is 4.74 Å². The van der Waals surface area contributed by atoms with Gasteiger partial charge in [-0.25, -0.2) is 13.8 Å². The molecule has 0 saturated carbocycles. The Labute approximate surface area is 102 Å². The number of ether oxygens (including phenoxy) is 1. The molecule has 0 aliphatic carbocycles. The van der Waals surface area contributed by atoms with Crippen LogP contribution in [0.25, 0.3) is 11.1 Å². The molecule has 0 bridgehead atoms. The first-order valence-electron chi connectivity index (χ1n) is 5.11. The predicted molar refractivity (Wildman–Crippen MR) is 61.5 cm³/mol. The third-order valence-electron chi connectivity index (χ3n) is 2.51. The molecule has 0 atom stereocenters. The molecule has 0 radical (unpaired) electrons. The summed E-state index contributed by atoms with van der Waals surface area (Å²) in [6.07, 6.45) is 1.87. The lowest BCUT2D eigenvalue weighted by Crippen LogP contribution is -1.98. The Morgan fingerprint density at radius 2 is 2.00 bits per heavy atom. The quantitative estimate of drug-likeness (QED) is 0.785. The molecule has 18 heavy (non-hydrogen) atoms. The highest BCUT2D eigenvalue weighted by atomic mass is 19.2. The molecule has 0 unspecified atom stereocenters. The summed E-state index contributed by atoms with van der Waals surface area (Å²) in [5.74, 6) is -1.90. The zero-order valence-electron chi connectivity index (χ0n) is 9.48. The molecule has 2 rings (SSSR count). The molecule has 0 N–H and O–H groups in total. The van der Waals surface area contributed by atoms with Crippen molar-refractivity contribution in [3.8, 4) is 17.0 Å². The number of rotatable bonds is 3. The maximum Gasteiger partial charge on any atom is 0.224 e. The lowest BCUT2D eigenvalue weighted by molar-refractivity contribution is 0.112. The summed E-state index contributed by atoms with van der Waals surface area (Å²) in [7, 11) is 1.35. The average Bonchev–Trinajstić information content (AvgIpc) is 2.41. The molecule has 1 aromatic carbocycles. The van der Waals surface area contributed by atoms with Crippen molar-refractivity contribution in [2.45, 2.75) is 0 Å². The Balaban J connectivity index is 2.71. The van der Waals surface area contributed by atoms with Gasteiger partial charge in [0.05, 0.1) is 12.7 Å². The van der Waals surface area contributed by atoms with Gasteiger partial charge in [-0.2, -0.15) is 0 Å². The first kappa shape index (κ1) is 12.2. The Morgan fingerprint density at radius 3 is 2.67 bits per heavy atom. The zero-order chi connectivity index (χ0) is 13.1. The lowest BCUT2D eigenvalue weighted by Gasteiger charge is -2.09. The monoisotopic (exact) mass is 249 g/mol. The number of benzene rings is 1. The fraction of sp³-hybridized carbons (Fsp3) is 0.0769. The van der Waals surface area contributed by atoms with Crippen LogP contribution in [0.3, 0.4) is 0 Å². The van der Waals surface area contributed by atoms with Crippen LogP contribution in [0.2, 0.25) is 0 Å². The molecule has 0 amide bonds. The number of nitrogens with zero attached hydrogens (tertiary/aromatic N) is 1. The maximum atomic E-state index is 13.7. The second-order valence-corrected chi connectivity index (χ2v) is 3.50. The van der Waals surface area contributed by atoms with Crippen molar-refractivity contribution in [3.05, 3.63) is 47.7 Å². The largest absolute Gasteiger partial charge is 0.480 e. The van der Waals surface area contributed by atoms with E-state index in [1.807, 2.05) is 0 Å². The molecule has 0 spiro atoms. The number of pyridine rings is 1. The minimum absolute atomic E-state index is 0.00204. The van der Waals surface area contributed by atoms with Crippen molar-refractivity contribution in [2.75, 3.05) is 7.11 Å². The Bertz CT molecular complexity index is 600. The van der Waals surface area contributed by atoms with Crippen LogP contribution in [0.1, 0.15) is 10.4 Å². The Hall–Kier alpha value is -2.30. The molecule has 0 aliphatic heterocycles. The summed E-state index contributed by atoms with van der Waals surface area (Å²) in [5, 5.41) is 0. The molecular weight excluding hydrogens is 240 g/mol. The van der Waals surface area contributed by atoms with Crippen LogP contribution in [-0.2, 0) is 0 Å². The van der Waals surface area contributed by atoms with Crippen LogP contribution in [-0.4, -0.2) is 18.4 Å². The zero-order valence-corrected chi connectivity index (χ0v) is 9.48. The van der Waals surface area contributed by atoms with Crippen molar-refractivity contribution in [2.24, 2.45) is 0 Å². The van der Waals surface area contributed by atoms with E-state index in [1.54, 1.807) is 0 Å². The number of hydrogen-bond acceptors (Lipinski definition) is 3. The third-order valence-corrected chi connectivity index (χ3v) is 2.51. The van der Waals surface area contributed by atoms with E-state index < -0.39 is 11.6 Å². The Morgan fingerprint density at radius 1 is 1.22 bits per heavy atom. The van der Waals surface area contributed by atoms with Crippen LogP contribution in [0.4, 0.5) is 8.78 Å². The number of aromatic nitrogens is 1. The SMILES string of the molecule is COc1nccc(-c2cccc(F)c2F)c1C=O. The molecule has 1 aromatic heterocycles. The smallest absolute Gasteiger partial charge is 0.224 e. The fourth-order valence-corrected chi connectivity index (χ4v) is 1.68. The van der Waals surface area contributed by atoms with E-state index in [4.69, 9.17) is 4.74 Å². The van der Waals surface area contributed by atoms with E-state index in [0.29, 0.717) is 6.29 Å². The van der Waals surface area contributed by atoms with Gasteiger partial charge in [-0.1, -0.05) is 12.1 Å². The first-order chi connectivity index (χ1) is 8.69. The van der Waals surface area contributed by atoms with Gasteiger partial charge in [0, 0.05) is 17.3 Å². The molecule has 1 heterocycles. The highest BCUT2D eigenvalue weighted by molar-refractivity contribution is 5.90. The highest BCUT2D eigenvalue weighted by Crippen LogP contribution is 2.30. The van der Waals surface area contributed by atoms with Crippen molar-refractivity contribution in [3.63, 3.8) is 0 Å². The van der Waals surface area contributed by atoms with Gasteiger partial charge in [0.25, 0.3) is 0 Å². The molecule has 2 aromatic rings. The van der Waals surface area contributed by atoms with Crippen LogP contribution >= 0.6 is 0 Å². The van der Waals surface area contributed by atoms with Crippen molar-refractivity contribution in [1.82, 2.24) is 4.98 Å². The van der Waals surface area contributed by atoms with E-state index in [9.17, 15) is 13.6 Å². The van der Waals surface area contributed by atoms with E-state index in [0.717, 1.165) is 6.07 Å². The second-order valence-electron chi connectivity index (χ2n) is 3.50. The summed E-state index contributed by atoms with van der Waals surface area (Å²) in [4.78, 5) is 14.9. The third kappa shape index (κ3) is 1.95. The number of carbonyl (C=O) groups excluding carboxylic acids is 1. The van der Waals surface area contributed by atoms with Gasteiger partial charge in [-0.05, 0) is 12.1 Å². The van der Waals surface area contributed by atoms with Gasteiger partial charge in [0.15, 0.2) is 17.9 Å². The van der Waals surface area contributed by atoms with E-state index in [2.05, 4.69) is 4.98 Å². The molecule has 92 valence electrons. The number of methoxy groups -OCH3 is 1. The van der Waals surface area contributed by atoms with Crippen LogP contribution in [0, 0.1) is 11.6 Å². The number of hydrogen-bond donors (Lipinski definition) is 0. The van der Waals surface area contributed by atoms with Crippen molar-refractivity contribution < 1.29 is 18.3 Å². The highest BCUT2D eigenvalue weighted by Gasteiger charge is 2.16. The number of halogens is 2. The molecular formula is C13H9F2NO2. The maximum absolute atomic E-state index is 13.7. The average molecular weight is 249 g/mol. The van der Waals surface area contributed by atoms with Crippen LogP contribution in [0.15, 0.2) is 30.5 Å². The summed E-state index contributed by atoms with van der Waals surface area (Å²) >= 11 is 0. The topological polar surface area (TPSA) is 39.2 Å². The fourth-order valence-electron chi connectivity index (χ4n) is 1.68. The van der Waals surface area contributed by atoms with Gasteiger partial charge in [-0.15, -0.1) is 0 Å². The summed E-state index contributed by atoms with van der Waals surface area (Å²) < 4.78 is 31.8. The normalized spacial score (nSPS) is 10.2. The van der Waals surface area contributed by atoms with E-state index >= 15 is 0 Å². The summed E-state index contributed by atoms with van der Waals surface area (Å²) in [5.41, 5.74) is 0.330. The van der Waals surface area contributed by atoms with Crippen molar-refractivity contribution in [1.29, 1.82) is 0 Å². The van der Waals surface area contributed by atoms with Gasteiger partial charge >= 0.3 is 0 Å². The second kappa shape index (κ2) is 4.91. The number of aldehydes is 1. The first-order valence-corrected chi connectivity index (χ1v) is 5.11. The number of carbonyl (C=O) groups is 1. The summed E-state index contributed by atoms with van der Waals surface area (Å²) in [6, 6.07) is 5.21. The van der Waals surface area contributed by atoms with E-state index in [1.165, 1.54) is 31.5 Å². The molecule has 0 saturated heterocycles. The molecule has 0 fully saturated rings. The van der Waals surface area contributed by atoms with Crippen molar-refractivity contribution >= 4 is 6.29 Å². The summed E-state index contributed by atoms with van der Waals surface area (Å²) in [6.45, 7) is 0. The van der Waals surface area contributed by atoms with Gasteiger partial charge in [0.1, 0.15) is 0 Å². The standard InChI is InChI=1S/C13H9F2NO2/c1-18-13-10(7-17)8(5-6-16-13)9-3-2-4-11(14)12(9)15/h2-7H,1H3. The predicted octanol–water partition coefficient (Wildman–Crippen LogP) is 2.85. The lowest BCUT2D eigenvalue weighted by atomic mass is 10.0. The molecule has 5 heteroatoms. The van der Waals surface area contributed by atoms with Gasteiger partial charge < -0.3 is 4.74 Å². The Kier molecular flexibility index (Phi) is 3.32. The van der Waals surface area contributed by atoms with E-state index in [-0.39, 0.29) is 22.6 Å². The van der Waals surface area contributed by atoms with Crippen LogP contribution in [0.5, 0.6) is 5.88 Å². The molecule has 3 nitrogen and oxygen atoms in total. The minimum Gasteiger partial charge on any atom is -0.480 e.